The lowest BCUT2D eigenvalue weighted by atomic mass is 9.98. The molecule has 1 rings (SSSR count). The Balaban J connectivity index is 2.40. The molecule has 1 fully saturated rings. The van der Waals surface area contributed by atoms with Crippen LogP contribution < -0.4 is 5.73 Å². The van der Waals surface area contributed by atoms with Gasteiger partial charge in [-0.15, -0.1) is 0 Å². The molecule has 17 heavy (non-hydrogen) atoms. The summed E-state index contributed by atoms with van der Waals surface area (Å²) >= 11 is 0. The summed E-state index contributed by atoms with van der Waals surface area (Å²) in [7, 11) is 0. The van der Waals surface area contributed by atoms with Crippen LogP contribution in [0.2, 0.25) is 0 Å². The molecule has 4 nitrogen and oxygen atoms in total. The van der Waals surface area contributed by atoms with Gasteiger partial charge in [0.1, 0.15) is 0 Å². The van der Waals surface area contributed by atoms with E-state index in [4.69, 9.17) is 5.73 Å². The van der Waals surface area contributed by atoms with E-state index >= 15 is 0 Å². The summed E-state index contributed by atoms with van der Waals surface area (Å²) < 4.78 is 0. The van der Waals surface area contributed by atoms with Gasteiger partial charge in [-0.1, -0.05) is 27.2 Å². The van der Waals surface area contributed by atoms with Crippen LogP contribution in [0.3, 0.4) is 0 Å². The highest BCUT2D eigenvalue weighted by atomic mass is 16.2. The first-order valence-corrected chi connectivity index (χ1v) is 6.86. The molecule has 0 saturated carbocycles. The molecule has 2 N–H and O–H groups in total. The van der Waals surface area contributed by atoms with Crippen LogP contribution >= 0.6 is 0 Å². The van der Waals surface area contributed by atoms with Gasteiger partial charge in [-0.05, 0) is 18.9 Å². The fourth-order valence-corrected chi connectivity index (χ4v) is 2.22. The fourth-order valence-electron chi connectivity index (χ4n) is 2.22. The van der Waals surface area contributed by atoms with Gasteiger partial charge in [0.2, 0.25) is 5.91 Å². The number of rotatable bonds is 5. The molecular formula is C13H27N3O. The lowest BCUT2D eigenvalue weighted by molar-refractivity contribution is -0.135. The molecule has 0 aromatic rings. The second-order valence-electron chi connectivity index (χ2n) is 5.08. The van der Waals surface area contributed by atoms with Gasteiger partial charge in [-0.25, -0.2) is 0 Å². The maximum absolute atomic E-state index is 12.1. The highest BCUT2D eigenvalue weighted by Crippen LogP contribution is 2.10. The Labute approximate surface area is 105 Å². The van der Waals surface area contributed by atoms with Crippen LogP contribution in [0.1, 0.15) is 33.6 Å². The van der Waals surface area contributed by atoms with Crippen LogP contribution in [0.15, 0.2) is 0 Å². The van der Waals surface area contributed by atoms with Crippen LogP contribution in [-0.2, 0) is 4.79 Å². The molecule has 0 spiro atoms. The third kappa shape index (κ3) is 3.96. The minimum absolute atomic E-state index is 0.135. The first-order valence-electron chi connectivity index (χ1n) is 6.86. The van der Waals surface area contributed by atoms with Crippen LogP contribution in [0.4, 0.5) is 0 Å². The lowest BCUT2D eigenvalue weighted by Gasteiger charge is -2.36. The van der Waals surface area contributed by atoms with Crippen molar-refractivity contribution in [1.82, 2.24) is 9.80 Å². The molecule has 0 bridgehead atoms. The fraction of sp³-hybridized carbons (Fsp3) is 0.923. The van der Waals surface area contributed by atoms with E-state index in [0.29, 0.717) is 0 Å². The Morgan fingerprint density at radius 1 is 1.24 bits per heavy atom. The van der Waals surface area contributed by atoms with Gasteiger partial charge in [0, 0.05) is 26.2 Å². The standard InChI is InChI=1S/C13H27N3O/c1-4-6-15-7-9-16(10-8-15)13(17)12(14)11(3)5-2/h11-12H,4-10,14H2,1-3H3. The molecule has 1 aliphatic heterocycles. The van der Waals surface area contributed by atoms with Crippen molar-refractivity contribution in [2.75, 3.05) is 32.7 Å². The van der Waals surface area contributed by atoms with Crippen molar-refractivity contribution in [1.29, 1.82) is 0 Å². The third-order valence-corrected chi connectivity index (χ3v) is 3.77. The molecular weight excluding hydrogens is 214 g/mol. The molecule has 4 heteroatoms. The van der Waals surface area contributed by atoms with Crippen molar-refractivity contribution in [2.45, 2.75) is 39.7 Å². The normalized spacial score (nSPS) is 21.3. The Morgan fingerprint density at radius 2 is 1.82 bits per heavy atom. The van der Waals surface area contributed by atoms with E-state index in [9.17, 15) is 4.79 Å². The second kappa shape index (κ2) is 6.97. The van der Waals surface area contributed by atoms with E-state index in [-0.39, 0.29) is 17.9 Å². The Morgan fingerprint density at radius 3 is 2.29 bits per heavy atom. The number of amides is 1. The minimum Gasteiger partial charge on any atom is -0.339 e. The molecule has 0 aliphatic carbocycles. The predicted molar refractivity (Wildman–Crippen MR) is 70.7 cm³/mol. The number of hydrogen-bond donors (Lipinski definition) is 1. The first-order chi connectivity index (χ1) is 8.10. The Bertz CT molecular complexity index is 237. The van der Waals surface area contributed by atoms with Gasteiger partial charge < -0.3 is 10.6 Å². The summed E-state index contributed by atoms with van der Waals surface area (Å²) in [4.78, 5) is 16.5. The van der Waals surface area contributed by atoms with Crippen LogP contribution in [0.25, 0.3) is 0 Å². The second-order valence-corrected chi connectivity index (χ2v) is 5.08. The van der Waals surface area contributed by atoms with Crippen molar-refractivity contribution in [3.05, 3.63) is 0 Å². The highest BCUT2D eigenvalue weighted by Gasteiger charge is 2.27. The van der Waals surface area contributed by atoms with E-state index < -0.39 is 0 Å². The third-order valence-electron chi connectivity index (χ3n) is 3.77. The van der Waals surface area contributed by atoms with Crippen LogP contribution in [0, 0.1) is 5.92 Å². The van der Waals surface area contributed by atoms with Gasteiger partial charge in [0.05, 0.1) is 6.04 Å². The molecule has 100 valence electrons. The number of piperazine rings is 1. The number of nitrogens with two attached hydrogens (primary N) is 1. The van der Waals surface area contributed by atoms with Gasteiger partial charge in [-0.3, -0.25) is 9.69 Å². The highest BCUT2D eigenvalue weighted by molar-refractivity contribution is 5.82. The summed E-state index contributed by atoms with van der Waals surface area (Å²) in [5.74, 6) is 0.409. The van der Waals surface area contributed by atoms with E-state index in [1.807, 2.05) is 4.90 Å². The SMILES string of the molecule is CCCN1CCN(C(=O)C(N)C(C)CC)CC1. The van der Waals surface area contributed by atoms with E-state index in [1.165, 1.54) is 6.42 Å². The van der Waals surface area contributed by atoms with Gasteiger partial charge in [0.15, 0.2) is 0 Å². The molecule has 1 heterocycles. The molecule has 0 aromatic heterocycles. The van der Waals surface area contributed by atoms with Crippen LogP contribution in [-0.4, -0.2) is 54.5 Å². The van der Waals surface area contributed by atoms with Crippen molar-refractivity contribution in [3.8, 4) is 0 Å². The Kier molecular flexibility index (Phi) is 5.92. The maximum atomic E-state index is 12.1. The molecule has 0 radical (unpaired) electrons. The minimum atomic E-state index is -0.322. The monoisotopic (exact) mass is 241 g/mol. The van der Waals surface area contributed by atoms with Gasteiger partial charge in [-0.2, -0.15) is 0 Å². The average molecular weight is 241 g/mol. The summed E-state index contributed by atoms with van der Waals surface area (Å²) in [6, 6.07) is -0.322. The Hall–Kier alpha value is -0.610. The van der Waals surface area contributed by atoms with Crippen molar-refractivity contribution < 1.29 is 4.79 Å². The first kappa shape index (κ1) is 14.5. The molecule has 2 unspecified atom stereocenters. The largest absolute Gasteiger partial charge is 0.339 e. The zero-order valence-corrected chi connectivity index (χ0v) is 11.5. The molecule has 1 aliphatic rings. The average Bonchev–Trinajstić information content (AvgIpc) is 2.37. The van der Waals surface area contributed by atoms with E-state index in [0.717, 1.165) is 39.1 Å². The summed E-state index contributed by atoms with van der Waals surface area (Å²) in [6.07, 6.45) is 2.14. The topological polar surface area (TPSA) is 49.6 Å². The van der Waals surface area contributed by atoms with Crippen LogP contribution in [0.5, 0.6) is 0 Å². The van der Waals surface area contributed by atoms with E-state index in [2.05, 4.69) is 25.7 Å². The summed E-state index contributed by atoms with van der Waals surface area (Å²) in [6.45, 7) is 11.1. The van der Waals surface area contributed by atoms with Crippen molar-refractivity contribution in [3.63, 3.8) is 0 Å². The quantitative estimate of drug-likeness (QED) is 0.778. The van der Waals surface area contributed by atoms with Gasteiger partial charge in [0.25, 0.3) is 0 Å². The lowest BCUT2D eigenvalue weighted by Crippen LogP contribution is -2.54. The van der Waals surface area contributed by atoms with Crippen molar-refractivity contribution >= 4 is 5.91 Å². The zero-order valence-electron chi connectivity index (χ0n) is 11.5. The maximum Gasteiger partial charge on any atom is 0.239 e. The number of hydrogen-bond acceptors (Lipinski definition) is 3. The number of carbonyl (C=O) groups excluding carboxylic acids is 1. The molecule has 2 atom stereocenters. The molecule has 0 aromatic carbocycles. The predicted octanol–water partition coefficient (Wildman–Crippen LogP) is 0.914. The molecule has 1 saturated heterocycles. The number of carbonyl (C=O) groups is 1. The summed E-state index contributed by atoms with van der Waals surface area (Å²) in [5.41, 5.74) is 5.99. The number of nitrogens with zero attached hydrogens (tertiary/aromatic N) is 2. The van der Waals surface area contributed by atoms with Crippen molar-refractivity contribution in [2.24, 2.45) is 11.7 Å². The van der Waals surface area contributed by atoms with Gasteiger partial charge >= 0.3 is 0 Å². The zero-order chi connectivity index (χ0) is 12.8. The van der Waals surface area contributed by atoms with E-state index in [1.54, 1.807) is 0 Å². The summed E-state index contributed by atoms with van der Waals surface area (Å²) in [5, 5.41) is 0. The molecule has 1 amide bonds. The smallest absolute Gasteiger partial charge is 0.239 e.